The van der Waals surface area contributed by atoms with Crippen molar-refractivity contribution >= 4 is 7.92 Å². The molecule has 1 nitrogen and oxygen atoms in total. The molecule has 0 spiro atoms. The first-order valence-electron chi connectivity index (χ1n) is 11.1. The summed E-state index contributed by atoms with van der Waals surface area (Å²) in [6.07, 6.45) is 26.7. The number of rotatable bonds is 17. The van der Waals surface area contributed by atoms with Crippen molar-refractivity contribution in [1.82, 2.24) is 0 Å². The minimum atomic E-state index is 0.327. The van der Waals surface area contributed by atoms with Crippen molar-refractivity contribution in [2.45, 2.75) is 103 Å². The third-order valence-corrected chi connectivity index (χ3v) is 8.56. The Bertz CT molecular complexity index is 250. The summed E-state index contributed by atoms with van der Waals surface area (Å²) in [4.78, 5) is 0. The van der Waals surface area contributed by atoms with Crippen LogP contribution in [0.2, 0.25) is 0 Å². The highest BCUT2D eigenvalue weighted by Crippen LogP contribution is 2.39. The summed E-state index contributed by atoms with van der Waals surface area (Å²) in [6, 6.07) is 0. The number of hydrogen-bond donors (Lipinski definition) is 0. The maximum absolute atomic E-state index is 5.19. The topological polar surface area (TPSA) is 9.23 Å². The van der Waals surface area contributed by atoms with Crippen molar-refractivity contribution in [1.29, 1.82) is 0 Å². The van der Waals surface area contributed by atoms with E-state index in [9.17, 15) is 0 Å². The van der Waals surface area contributed by atoms with Crippen LogP contribution in [0, 0.1) is 5.92 Å². The Morgan fingerprint density at radius 3 is 2.00 bits per heavy atom. The van der Waals surface area contributed by atoms with Crippen LogP contribution in [-0.2, 0) is 4.74 Å². The van der Waals surface area contributed by atoms with Crippen LogP contribution in [0.15, 0.2) is 0 Å². The first-order valence-corrected chi connectivity index (χ1v) is 13.0. The molecule has 1 fully saturated rings. The van der Waals surface area contributed by atoms with E-state index in [-0.39, 0.29) is 0 Å². The molecule has 0 aromatic rings. The highest BCUT2D eigenvalue weighted by atomic mass is 31.1. The molecular formula is C22H45OP. The zero-order valence-electron chi connectivity index (χ0n) is 16.9. The minimum absolute atomic E-state index is 0.327. The Balaban J connectivity index is 1.92. The standard InChI is InChI=1S/C22H45OP/c1-3-4-19-24(21-14-12-18-23-2)20-13-8-6-5-7-9-15-22-16-10-11-17-22/h22H,3-21H2,1-2H3. The molecule has 0 radical (unpaired) electrons. The number of methoxy groups -OCH3 is 1. The lowest BCUT2D eigenvalue weighted by Gasteiger charge is -2.17. The summed E-state index contributed by atoms with van der Waals surface area (Å²) in [6.45, 7) is 3.29. The van der Waals surface area contributed by atoms with E-state index in [0.717, 1.165) is 12.5 Å². The van der Waals surface area contributed by atoms with Gasteiger partial charge in [0.1, 0.15) is 0 Å². The van der Waals surface area contributed by atoms with Crippen LogP contribution < -0.4 is 0 Å². The van der Waals surface area contributed by atoms with Crippen molar-refractivity contribution in [3.8, 4) is 0 Å². The second-order valence-electron chi connectivity index (χ2n) is 7.96. The lowest BCUT2D eigenvalue weighted by molar-refractivity contribution is 0.194. The van der Waals surface area contributed by atoms with Crippen molar-refractivity contribution in [2.24, 2.45) is 5.92 Å². The highest BCUT2D eigenvalue weighted by molar-refractivity contribution is 7.57. The normalized spacial score (nSPS) is 16.8. The Kier molecular flexibility index (Phi) is 15.7. The van der Waals surface area contributed by atoms with E-state index in [0.29, 0.717) is 7.92 Å². The van der Waals surface area contributed by atoms with Crippen LogP contribution in [0.5, 0.6) is 0 Å². The molecule has 0 N–H and O–H groups in total. The fraction of sp³-hybridized carbons (Fsp3) is 1.00. The molecule has 0 heterocycles. The average Bonchev–Trinajstić information content (AvgIpc) is 3.11. The maximum atomic E-state index is 5.19. The van der Waals surface area contributed by atoms with Crippen LogP contribution >= 0.6 is 7.92 Å². The Labute approximate surface area is 154 Å². The maximum Gasteiger partial charge on any atom is 0.0462 e. The molecule has 1 atom stereocenters. The van der Waals surface area contributed by atoms with Gasteiger partial charge < -0.3 is 4.74 Å². The summed E-state index contributed by atoms with van der Waals surface area (Å²) < 4.78 is 5.19. The molecule has 1 saturated carbocycles. The molecule has 0 aromatic heterocycles. The molecule has 0 aromatic carbocycles. The van der Waals surface area contributed by atoms with Crippen LogP contribution in [0.1, 0.15) is 103 Å². The highest BCUT2D eigenvalue weighted by Gasteiger charge is 2.13. The van der Waals surface area contributed by atoms with Gasteiger partial charge in [-0.05, 0) is 50.1 Å². The van der Waals surface area contributed by atoms with Crippen LogP contribution in [0.25, 0.3) is 0 Å². The van der Waals surface area contributed by atoms with Gasteiger partial charge in [0, 0.05) is 13.7 Å². The Morgan fingerprint density at radius 2 is 1.33 bits per heavy atom. The van der Waals surface area contributed by atoms with E-state index < -0.39 is 0 Å². The summed E-state index contributed by atoms with van der Waals surface area (Å²) in [5.41, 5.74) is 0. The Morgan fingerprint density at radius 1 is 0.750 bits per heavy atom. The zero-order chi connectivity index (χ0) is 17.3. The third kappa shape index (κ3) is 12.7. The summed E-state index contributed by atoms with van der Waals surface area (Å²) >= 11 is 0. The molecule has 1 aliphatic rings. The molecule has 0 amide bonds. The number of unbranched alkanes of at least 4 members (excludes halogenated alkanes) is 7. The van der Waals surface area contributed by atoms with Crippen LogP contribution in [0.3, 0.4) is 0 Å². The smallest absolute Gasteiger partial charge is 0.0462 e. The quantitative estimate of drug-likeness (QED) is 0.192. The molecular weight excluding hydrogens is 311 g/mol. The van der Waals surface area contributed by atoms with Gasteiger partial charge in [0.15, 0.2) is 0 Å². The molecule has 144 valence electrons. The van der Waals surface area contributed by atoms with E-state index in [2.05, 4.69) is 6.92 Å². The zero-order valence-corrected chi connectivity index (χ0v) is 17.8. The fourth-order valence-electron chi connectivity index (χ4n) is 4.07. The first-order chi connectivity index (χ1) is 11.9. The monoisotopic (exact) mass is 356 g/mol. The van der Waals surface area contributed by atoms with E-state index in [1.54, 1.807) is 6.16 Å². The average molecular weight is 357 g/mol. The van der Waals surface area contributed by atoms with Crippen LogP contribution in [-0.4, -0.2) is 32.2 Å². The molecule has 24 heavy (non-hydrogen) atoms. The van der Waals surface area contributed by atoms with E-state index in [4.69, 9.17) is 4.74 Å². The van der Waals surface area contributed by atoms with Gasteiger partial charge in [0.25, 0.3) is 0 Å². The minimum Gasteiger partial charge on any atom is -0.385 e. The largest absolute Gasteiger partial charge is 0.385 e. The SMILES string of the molecule is CCCCP(CCCCCCCCC1CCCC1)CCCCOC. The van der Waals surface area contributed by atoms with Crippen LogP contribution in [0.4, 0.5) is 0 Å². The lowest BCUT2D eigenvalue weighted by atomic mass is 9.99. The van der Waals surface area contributed by atoms with Gasteiger partial charge in [-0.2, -0.15) is 0 Å². The van der Waals surface area contributed by atoms with Crippen molar-refractivity contribution in [2.75, 3.05) is 32.2 Å². The summed E-state index contributed by atoms with van der Waals surface area (Å²) in [7, 11) is 2.15. The predicted molar refractivity (Wildman–Crippen MR) is 112 cm³/mol. The molecule has 1 rings (SSSR count). The Hall–Kier alpha value is 0.390. The molecule has 0 bridgehead atoms. The summed E-state index contributed by atoms with van der Waals surface area (Å²) in [5.74, 6) is 1.10. The van der Waals surface area contributed by atoms with Gasteiger partial charge in [-0.25, -0.2) is 0 Å². The van der Waals surface area contributed by atoms with E-state index >= 15 is 0 Å². The molecule has 0 saturated heterocycles. The number of hydrogen-bond acceptors (Lipinski definition) is 1. The second-order valence-corrected chi connectivity index (χ2v) is 10.6. The van der Waals surface area contributed by atoms with Gasteiger partial charge in [-0.1, -0.05) is 77.6 Å². The summed E-state index contributed by atoms with van der Waals surface area (Å²) in [5, 5.41) is 0. The predicted octanol–water partition coefficient (Wildman–Crippen LogP) is 7.62. The van der Waals surface area contributed by atoms with E-state index in [1.165, 1.54) is 109 Å². The molecule has 0 aliphatic heterocycles. The van der Waals surface area contributed by atoms with Gasteiger partial charge >= 0.3 is 0 Å². The number of ether oxygens (including phenoxy) is 1. The third-order valence-electron chi connectivity index (χ3n) is 5.71. The van der Waals surface area contributed by atoms with Gasteiger partial charge in [0.05, 0.1) is 0 Å². The fourth-order valence-corrected chi connectivity index (χ4v) is 6.85. The molecule has 2 heteroatoms. The first kappa shape index (κ1) is 22.4. The van der Waals surface area contributed by atoms with Gasteiger partial charge in [0.2, 0.25) is 0 Å². The van der Waals surface area contributed by atoms with Gasteiger partial charge in [-0.3, -0.25) is 0 Å². The van der Waals surface area contributed by atoms with Crippen molar-refractivity contribution in [3.05, 3.63) is 0 Å². The lowest BCUT2D eigenvalue weighted by Crippen LogP contribution is -1.98. The van der Waals surface area contributed by atoms with Crippen molar-refractivity contribution in [3.63, 3.8) is 0 Å². The van der Waals surface area contributed by atoms with Gasteiger partial charge in [-0.15, -0.1) is 7.92 Å². The second kappa shape index (κ2) is 16.8. The molecule has 1 aliphatic carbocycles. The van der Waals surface area contributed by atoms with E-state index in [1.807, 2.05) is 7.11 Å². The molecule has 1 unspecified atom stereocenters. The van der Waals surface area contributed by atoms with Crippen molar-refractivity contribution < 1.29 is 4.74 Å².